The summed E-state index contributed by atoms with van der Waals surface area (Å²) >= 11 is 9.19. The van der Waals surface area contributed by atoms with Crippen molar-refractivity contribution in [1.29, 1.82) is 0 Å². The third kappa shape index (κ3) is 3.08. The molecule has 0 heterocycles. The molecule has 0 bridgehead atoms. The van der Waals surface area contributed by atoms with Gasteiger partial charge in [-0.15, -0.1) is 0 Å². The quantitative estimate of drug-likeness (QED) is 0.877. The number of carbonyl (C=O) groups excluding carboxylic acids is 1. The standard InChI is InChI=1S/C13H9BrClNO/c14-12-7-6-9(15)8-11(12)13(17)16-10-4-2-1-3-5-10/h1-8H,(H,16,17). The van der Waals surface area contributed by atoms with Crippen molar-refractivity contribution >= 4 is 39.1 Å². The molecule has 2 rings (SSSR count). The van der Waals surface area contributed by atoms with E-state index in [1.54, 1.807) is 18.2 Å². The van der Waals surface area contributed by atoms with Crippen LogP contribution in [0.25, 0.3) is 0 Å². The van der Waals surface area contributed by atoms with Crippen LogP contribution >= 0.6 is 27.5 Å². The summed E-state index contributed by atoms with van der Waals surface area (Å²) in [5.74, 6) is -0.189. The van der Waals surface area contributed by atoms with E-state index in [0.717, 1.165) is 10.2 Å². The Balaban J connectivity index is 2.23. The van der Waals surface area contributed by atoms with Crippen LogP contribution in [-0.2, 0) is 0 Å². The van der Waals surface area contributed by atoms with Gasteiger partial charge in [0.1, 0.15) is 0 Å². The number of anilines is 1. The Hall–Kier alpha value is -1.32. The molecule has 0 radical (unpaired) electrons. The molecule has 0 aliphatic carbocycles. The monoisotopic (exact) mass is 309 g/mol. The summed E-state index contributed by atoms with van der Waals surface area (Å²) in [6.45, 7) is 0. The second-order valence-electron chi connectivity index (χ2n) is 3.44. The molecule has 4 heteroatoms. The number of amides is 1. The first-order valence-corrected chi connectivity index (χ1v) is 6.15. The van der Waals surface area contributed by atoms with Gasteiger partial charge in [-0.05, 0) is 46.3 Å². The summed E-state index contributed by atoms with van der Waals surface area (Å²) in [6, 6.07) is 14.4. The van der Waals surface area contributed by atoms with Crippen LogP contribution in [-0.4, -0.2) is 5.91 Å². The van der Waals surface area contributed by atoms with E-state index in [2.05, 4.69) is 21.2 Å². The lowest BCUT2D eigenvalue weighted by Gasteiger charge is -2.07. The minimum atomic E-state index is -0.189. The smallest absolute Gasteiger partial charge is 0.256 e. The average molecular weight is 311 g/mol. The zero-order valence-electron chi connectivity index (χ0n) is 8.78. The van der Waals surface area contributed by atoms with Crippen molar-refractivity contribution in [2.75, 3.05) is 5.32 Å². The molecule has 0 aliphatic heterocycles. The number of hydrogen-bond acceptors (Lipinski definition) is 1. The maximum Gasteiger partial charge on any atom is 0.256 e. The molecule has 2 nitrogen and oxygen atoms in total. The van der Waals surface area contributed by atoms with E-state index in [0.29, 0.717) is 10.6 Å². The van der Waals surface area contributed by atoms with Crippen molar-refractivity contribution < 1.29 is 4.79 Å². The molecule has 0 saturated carbocycles. The highest BCUT2D eigenvalue weighted by Crippen LogP contribution is 2.22. The predicted molar refractivity (Wildman–Crippen MR) is 73.5 cm³/mol. The van der Waals surface area contributed by atoms with Crippen LogP contribution in [0.2, 0.25) is 5.02 Å². The summed E-state index contributed by atoms with van der Waals surface area (Å²) in [7, 11) is 0. The van der Waals surface area contributed by atoms with Gasteiger partial charge in [0.05, 0.1) is 5.56 Å². The van der Waals surface area contributed by atoms with Crippen LogP contribution in [0, 0.1) is 0 Å². The molecule has 0 unspecified atom stereocenters. The van der Waals surface area contributed by atoms with E-state index in [9.17, 15) is 4.79 Å². The molecule has 0 aliphatic rings. The fourth-order valence-corrected chi connectivity index (χ4v) is 1.99. The second-order valence-corrected chi connectivity index (χ2v) is 4.74. The van der Waals surface area contributed by atoms with Crippen LogP contribution in [0.4, 0.5) is 5.69 Å². The van der Waals surface area contributed by atoms with E-state index in [4.69, 9.17) is 11.6 Å². The van der Waals surface area contributed by atoms with Gasteiger partial charge in [0.2, 0.25) is 0 Å². The zero-order valence-corrected chi connectivity index (χ0v) is 11.1. The summed E-state index contributed by atoms with van der Waals surface area (Å²) < 4.78 is 0.718. The lowest BCUT2D eigenvalue weighted by molar-refractivity contribution is 0.102. The molecule has 17 heavy (non-hydrogen) atoms. The molecule has 0 saturated heterocycles. The highest BCUT2D eigenvalue weighted by molar-refractivity contribution is 9.10. The van der Waals surface area contributed by atoms with E-state index < -0.39 is 0 Å². The van der Waals surface area contributed by atoms with E-state index in [-0.39, 0.29) is 5.91 Å². The molecule has 0 atom stereocenters. The molecule has 0 aromatic heterocycles. The number of halogens is 2. The second kappa shape index (κ2) is 5.34. The Kier molecular flexibility index (Phi) is 3.82. The lowest BCUT2D eigenvalue weighted by Crippen LogP contribution is -2.12. The number of carbonyl (C=O) groups is 1. The van der Waals surface area contributed by atoms with Gasteiger partial charge in [-0.1, -0.05) is 29.8 Å². The average Bonchev–Trinajstić information content (AvgIpc) is 2.33. The van der Waals surface area contributed by atoms with Gasteiger partial charge >= 0.3 is 0 Å². The van der Waals surface area contributed by atoms with E-state index in [1.165, 1.54) is 0 Å². The van der Waals surface area contributed by atoms with Gasteiger partial charge in [-0.2, -0.15) is 0 Å². The maximum absolute atomic E-state index is 12.0. The van der Waals surface area contributed by atoms with Crippen molar-refractivity contribution in [3.8, 4) is 0 Å². The molecular formula is C13H9BrClNO. The minimum absolute atomic E-state index is 0.189. The lowest BCUT2D eigenvalue weighted by atomic mass is 10.2. The topological polar surface area (TPSA) is 29.1 Å². The van der Waals surface area contributed by atoms with Gasteiger partial charge in [0.25, 0.3) is 5.91 Å². The Morgan fingerprint density at radius 3 is 2.53 bits per heavy atom. The van der Waals surface area contributed by atoms with Crippen LogP contribution in [0.5, 0.6) is 0 Å². The summed E-state index contributed by atoms with van der Waals surface area (Å²) in [4.78, 5) is 12.0. The van der Waals surface area contributed by atoms with Crippen molar-refractivity contribution in [1.82, 2.24) is 0 Å². The Labute approximate surface area is 113 Å². The van der Waals surface area contributed by atoms with Gasteiger partial charge in [-0.25, -0.2) is 0 Å². The number of para-hydroxylation sites is 1. The number of rotatable bonds is 2. The van der Waals surface area contributed by atoms with Gasteiger partial charge in [0, 0.05) is 15.2 Å². The Bertz CT molecular complexity index is 542. The Morgan fingerprint density at radius 1 is 1.12 bits per heavy atom. The fraction of sp³-hybridized carbons (Fsp3) is 0. The molecule has 0 spiro atoms. The molecule has 1 amide bonds. The molecule has 0 fully saturated rings. The van der Waals surface area contributed by atoms with Crippen LogP contribution in [0.15, 0.2) is 53.0 Å². The van der Waals surface area contributed by atoms with Crippen LogP contribution in [0.3, 0.4) is 0 Å². The van der Waals surface area contributed by atoms with E-state index in [1.807, 2.05) is 30.3 Å². The van der Waals surface area contributed by atoms with Crippen molar-refractivity contribution in [2.45, 2.75) is 0 Å². The van der Waals surface area contributed by atoms with Gasteiger partial charge in [0.15, 0.2) is 0 Å². The Morgan fingerprint density at radius 2 is 1.82 bits per heavy atom. The van der Waals surface area contributed by atoms with Gasteiger partial charge in [-0.3, -0.25) is 4.79 Å². The number of hydrogen-bond donors (Lipinski definition) is 1. The first-order chi connectivity index (χ1) is 8.16. The third-order valence-corrected chi connectivity index (χ3v) is 3.13. The molecule has 2 aromatic carbocycles. The molecule has 2 aromatic rings. The van der Waals surface area contributed by atoms with Gasteiger partial charge < -0.3 is 5.32 Å². The summed E-state index contributed by atoms with van der Waals surface area (Å²) in [5.41, 5.74) is 1.27. The maximum atomic E-state index is 12.0. The van der Waals surface area contributed by atoms with Crippen molar-refractivity contribution in [3.63, 3.8) is 0 Å². The normalized spacial score (nSPS) is 10.0. The largest absolute Gasteiger partial charge is 0.322 e. The van der Waals surface area contributed by atoms with E-state index >= 15 is 0 Å². The SMILES string of the molecule is O=C(Nc1ccccc1)c1cc(Cl)ccc1Br. The highest BCUT2D eigenvalue weighted by atomic mass is 79.9. The van der Waals surface area contributed by atoms with Crippen LogP contribution in [0.1, 0.15) is 10.4 Å². The highest BCUT2D eigenvalue weighted by Gasteiger charge is 2.10. The zero-order chi connectivity index (χ0) is 12.3. The minimum Gasteiger partial charge on any atom is -0.322 e. The number of benzene rings is 2. The number of nitrogens with one attached hydrogen (secondary N) is 1. The first-order valence-electron chi connectivity index (χ1n) is 4.98. The summed E-state index contributed by atoms with van der Waals surface area (Å²) in [6.07, 6.45) is 0. The third-order valence-electron chi connectivity index (χ3n) is 2.20. The summed E-state index contributed by atoms with van der Waals surface area (Å²) in [5, 5.41) is 3.33. The molecule has 1 N–H and O–H groups in total. The molecular weight excluding hydrogens is 302 g/mol. The van der Waals surface area contributed by atoms with Crippen molar-refractivity contribution in [2.24, 2.45) is 0 Å². The molecule has 86 valence electrons. The van der Waals surface area contributed by atoms with Crippen LogP contribution < -0.4 is 5.32 Å². The predicted octanol–water partition coefficient (Wildman–Crippen LogP) is 4.35. The van der Waals surface area contributed by atoms with Crippen molar-refractivity contribution in [3.05, 3.63) is 63.6 Å². The fourth-order valence-electron chi connectivity index (χ4n) is 1.39. The first kappa shape index (κ1) is 12.1.